The molecule has 1 unspecified atom stereocenters. The minimum Gasteiger partial charge on any atom is -0.507 e. The van der Waals surface area contributed by atoms with Crippen molar-refractivity contribution in [1.82, 2.24) is 9.80 Å². The number of Topliss-reactive ketones (excluding diaryl/α,β-unsaturated/α-hetero) is 1. The van der Waals surface area contributed by atoms with Gasteiger partial charge in [-0.3, -0.25) is 9.59 Å². The van der Waals surface area contributed by atoms with Crippen LogP contribution in [0.1, 0.15) is 36.5 Å². The number of carbonyl (C=O) groups excluding carboxylic acids is 2. The number of hydrogen-bond donors (Lipinski definition) is 1. The van der Waals surface area contributed by atoms with E-state index in [9.17, 15) is 14.7 Å². The number of ether oxygens (including phenoxy) is 1. The van der Waals surface area contributed by atoms with Crippen LogP contribution in [0.25, 0.3) is 5.76 Å². The molecule has 1 aliphatic rings. The Morgan fingerprint density at radius 3 is 2.63 bits per heavy atom. The lowest BCUT2D eigenvalue weighted by Crippen LogP contribution is -2.35. The summed E-state index contributed by atoms with van der Waals surface area (Å²) in [7, 11) is 3.79. The Morgan fingerprint density at radius 1 is 1.23 bits per heavy atom. The van der Waals surface area contributed by atoms with E-state index in [0.717, 1.165) is 6.42 Å². The molecule has 7 nitrogen and oxygen atoms in total. The third-order valence-corrected chi connectivity index (χ3v) is 4.94. The van der Waals surface area contributed by atoms with Crippen molar-refractivity contribution in [3.63, 3.8) is 0 Å². The van der Waals surface area contributed by atoms with Gasteiger partial charge in [0.15, 0.2) is 0 Å². The monoisotopic (exact) mass is 412 g/mol. The number of aryl methyl sites for hydroxylation is 1. The average molecular weight is 412 g/mol. The van der Waals surface area contributed by atoms with Crippen LogP contribution >= 0.6 is 0 Å². The van der Waals surface area contributed by atoms with Crippen molar-refractivity contribution in [2.24, 2.45) is 0 Å². The molecule has 160 valence electrons. The van der Waals surface area contributed by atoms with E-state index < -0.39 is 17.7 Å². The minimum absolute atomic E-state index is 0.0285. The van der Waals surface area contributed by atoms with Crippen LogP contribution in [0.4, 0.5) is 0 Å². The SMILES string of the molecule is CCCOc1cccc(/C(O)=C2/C(=O)C(=O)N(CCN(C)C)C2c2ccc(C)o2)c1. The molecule has 1 saturated heterocycles. The lowest BCUT2D eigenvalue weighted by atomic mass is 9.99. The van der Waals surface area contributed by atoms with E-state index in [-0.39, 0.29) is 11.3 Å². The Labute approximate surface area is 176 Å². The van der Waals surface area contributed by atoms with Gasteiger partial charge in [-0.1, -0.05) is 19.1 Å². The average Bonchev–Trinajstić information content (AvgIpc) is 3.25. The number of likely N-dealkylation sites (tertiary alicyclic amines) is 1. The summed E-state index contributed by atoms with van der Waals surface area (Å²) in [6, 6.07) is 9.63. The maximum Gasteiger partial charge on any atom is 0.295 e. The van der Waals surface area contributed by atoms with Crippen molar-refractivity contribution < 1.29 is 23.8 Å². The number of ketones is 1. The quantitative estimate of drug-likeness (QED) is 0.407. The Balaban J connectivity index is 2.07. The first-order valence-corrected chi connectivity index (χ1v) is 10.1. The second kappa shape index (κ2) is 9.17. The van der Waals surface area contributed by atoms with Crippen molar-refractivity contribution in [3.05, 3.63) is 59.1 Å². The molecule has 1 fully saturated rings. The summed E-state index contributed by atoms with van der Waals surface area (Å²) in [6.07, 6.45) is 0.852. The van der Waals surface area contributed by atoms with Gasteiger partial charge in [-0.25, -0.2) is 0 Å². The summed E-state index contributed by atoms with van der Waals surface area (Å²) in [5, 5.41) is 11.1. The smallest absolute Gasteiger partial charge is 0.295 e. The third-order valence-electron chi connectivity index (χ3n) is 4.94. The molecule has 1 aromatic heterocycles. The summed E-state index contributed by atoms with van der Waals surface area (Å²) >= 11 is 0. The highest BCUT2D eigenvalue weighted by Gasteiger charge is 2.47. The van der Waals surface area contributed by atoms with Gasteiger partial charge >= 0.3 is 0 Å². The number of aliphatic hydroxyl groups is 1. The van der Waals surface area contributed by atoms with Crippen molar-refractivity contribution in [3.8, 4) is 5.75 Å². The Kier molecular flexibility index (Phi) is 6.62. The van der Waals surface area contributed by atoms with Gasteiger partial charge in [0.2, 0.25) is 0 Å². The molecule has 0 radical (unpaired) electrons. The van der Waals surface area contributed by atoms with Crippen LogP contribution in [0, 0.1) is 6.92 Å². The molecule has 0 aliphatic carbocycles. The number of amides is 1. The second-order valence-corrected chi connectivity index (χ2v) is 7.62. The van der Waals surface area contributed by atoms with Crippen molar-refractivity contribution >= 4 is 17.4 Å². The van der Waals surface area contributed by atoms with E-state index in [1.54, 1.807) is 43.3 Å². The summed E-state index contributed by atoms with van der Waals surface area (Å²) in [5.74, 6) is 0.111. The fourth-order valence-corrected chi connectivity index (χ4v) is 3.42. The molecule has 1 atom stereocenters. The highest BCUT2D eigenvalue weighted by atomic mass is 16.5. The molecule has 30 heavy (non-hydrogen) atoms. The van der Waals surface area contributed by atoms with Crippen LogP contribution in [0.2, 0.25) is 0 Å². The molecular weight excluding hydrogens is 384 g/mol. The van der Waals surface area contributed by atoms with E-state index in [1.807, 2.05) is 25.9 Å². The predicted octanol–water partition coefficient (Wildman–Crippen LogP) is 3.36. The normalized spacial score (nSPS) is 18.4. The summed E-state index contributed by atoms with van der Waals surface area (Å²) in [6.45, 7) is 5.25. The van der Waals surface area contributed by atoms with Crippen LogP contribution in [0.5, 0.6) is 5.75 Å². The lowest BCUT2D eigenvalue weighted by molar-refractivity contribution is -0.140. The Morgan fingerprint density at radius 2 is 2.00 bits per heavy atom. The number of benzene rings is 1. The standard InChI is InChI=1S/C23H28N2O5/c1-5-13-29-17-8-6-7-16(14-17)21(26)19-20(18-10-9-15(2)30-18)25(12-11-24(3)4)23(28)22(19)27/h6-10,14,20,26H,5,11-13H2,1-4H3/b21-19-. The maximum atomic E-state index is 12.9. The van der Waals surface area contributed by atoms with Gasteiger partial charge < -0.3 is 24.1 Å². The van der Waals surface area contributed by atoms with Gasteiger partial charge in [0, 0.05) is 18.7 Å². The first-order valence-electron chi connectivity index (χ1n) is 10.1. The van der Waals surface area contributed by atoms with Crippen LogP contribution in [0.3, 0.4) is 0 Å². The van der Waals surface area contributed by atoms with Gasteiger partial charge in [0.05, 0.1) is 12.2 Å². The molecule has 1 amide bonds. The number of aliphatic hydroxyl groups excluding tert-OH is 1. The molecule has 1 aliphatic heterocycles. The van der Waals surface area contributed by atoms with Crippen LogP contribution in [-0.4, -0.2) is 60.4 Å². The molecule has 0 saturated carbocycles. The number of likely N-dealkylation sites (N-methyl/N-ethyl adjacent to an activating group) is 1. The van der Waals surface area contributed by atoms with Gasteiger partial charge in [-0.15, -0.1) is 0 Å². The zero-order valence-electron chi connectivity index (χ0n) is 17.8. The number of carbonyl (C=O) groups is 2. The topological polar surface area (TPSA) is 83.2 Å². The Bertz CT molecular complexity index is 960. The van der Waals surface area contributed by atoms with E-state index >= 15 is 0 Å². The van der Waals surface area contributed by atoms with Crippen LogP contribution < -0.4 is 4.74 Å². The number of nitrogens with zero attached hydrogens (tertiary/aromatic N) is 2. The van der Waals surface area contributed by atoms with Crippen LogP contribution in [-0.2, 0) is 9.59 Å². The zero-order chi connectivity index (χ0) is 21.8. The van der Waals surface area contributed by atoms with E-state index in [2.05, 4.69) is 0 Å². The molecular formula is C23H28N2O5. The van der Waals surface area contributed by atoms with E-state index in [4.69, 9.17) is 9.15 Å². The van der Waals surface area contributed by atoms with Gasteiger partial charge in [-0.2, -0.15) is 0 Å². The molecule has 1 N–H and O–H groups in total. The molecule has 0 bridgehead atoms. The van der Waals surface area contributed by atoms with E-state index in [0.29, 0.717) is 42.5 Å². The summed E-state index contributed by atoms with van der Waals surface area (Å²) in [4.78, 5) is 29.1. The highest BCUT2D eigenvalue weighted by molar-refractivity contribution is 6.46. The predicted molar refractivity (Wildman–Crippen MR) is 113 cm³/mol. The number of rotatable bonds is 8. The van der Waals surface area contributed by atoms with Gasteiger partial charge in [0.1, 0.15) is 29.1 Å². The van der Waals surface area contributed by atoms with Crippen molar-refractivity contribution in [1.29, 1.82) is 0 Å². The minimum atomic E-state index is -0.779. The first-order chi connectivity index (χ1) is 14.3. The molecule has 7 heteroatoms. The Hall–Kier alpha value is -3.06. The molecule has 1 aromatic carbocycles. The van der Waals surface area contributed by atoms with Crippen molar-refractivity contribution in [2.75, 3.05) is 33.8 Å². The van der Waals surface area contributed by atoms with Crippen molar-refractivity contribution in [2.45, 2.75) is 26.3 Å². The fraction of sp³-hybridized carbons (Fsp3) is 0.391. The van der Waals surface area contributed by atoms with Gasteiger partial charge in [-0.05, 0) is 51.7 Å². The number of furan rings is 1. The summed E-state index contributed by atoms with van der Waals surface area (Å²) < 4.78 is 11.4. The highest BCUT2D eigenvalue weighted by Crippen LogP contribution is 2.40. The molecule has 3 rings (SSSR count). The maximum absolute atomic E-state index is 12.9. The number of hydrogen-bond acceptors (Lipinski definition) is 6. The molecule has 2 aromatic rings. The fourth-order valence-electron chi connectivity index (χ4n) is 3.42. The van der Waals surface area contributed by atoms with Gasteiger partial charge in [0.25, 0.3) is 11.7 Å². The molecule has 2 heterocycles. The van der Waals surface area contributed by atoms with Crippen LogP contribution in [0.15, 0.2) is 46.4 Å². The van der Waals surface area contributed by atoms with E-state index in [1.165, 1.54) is 4.90 Å². The largest absolute Gasteiger partial charge is 0.507 e. The molecule has 0 spiro atoms. The third kappa shape index (κ3) is 4.41. The lowest BCUT2D eigenvalue weighted by Gasteiger charge is -2.24. The first kappa shape index (κ1) is 21.6. The zero-order valence-corrected chi connectivity index (χ0v) is 17.8. The summed E-state index contributed by atoms with van der Waals surface area (Å²) in [5.41, 5.74) is 0.447. The second-order valence-electron chi connectivity index (χ2n) is 7.62.